The first kappa shape index (κ1) is 20.9. The minimum Gasteiger partial charge on any atom is -0.497 e. The van der Waals surface area contributed by atoms with E-state index in [1.54, 1.807) is 7.11 Å². The van der Waals surface area contributed by atoms with Crippen LogP contribution in [0, 0.1) is 0 Å². The van der Waals surface area contributed by atoms with Crippen LogP contribution in [0.1, 0.15) is 30.5 Å². The maximum Gasteiger partial charge on any atom is 0.119 e. The molecule has 0 aromatic heterocycles. The Hall–Kier alpha value is -2.31. The van der Waals surface area contributed by atoms with Crippen molar-refractivity contribution in [2.45, 2.75) is 19.4 Å². The minimum atomic E-state index is 0.0925. The number of hydrogen-bond donors (Lipinski definition) is 0. The van der Waals surface area contributed by atoms with Gasteiger partial charge >= 0.3 is 0 Å². The zero-order valence-electron chi connectivity index (χ0n) is 16.8. The van der Waals surface area contributed by atoms with Crippen LogP contribution in [0.3, 0.4) is 0 Å². The number of hydrogen-bond acceptors (Lipinski definition) is 4. The number of hydrazone groups is 1. The largest absolute Gasteiger partial charge is 0.497 e. The lowest BCUT2D eigenvalue weighted by atomic mass is 9.98. The van der Waals surface area contributed by atoms with E-state index in [2.05, 4.69) is 67.2 Å². The van der Waals surface area contributed by atoms with Crippen LogP contribution >= 0.6 is 31.9 Å². The van der Waals surface area contributed by atoms with E-state index in [4.69, 9.17) is 14.6 Å². The number of rotatable bonds is 6. The Kier molecular flexibility index (Phi) is 6.44. The van der Waals surface area contributed by atoms with Crippen molar-refractivity contribution >= 4 is 43.3 Å². The second-order valence-electron chi connectivity index (χ2n) is 6.94. The zero-order valence-corrected chi connectivity index (χ0v) is 20.0. The molecule has 1 aliphatic heterocycles. The molecule has 0 unspecified atom stereocenters. The van der Waals surface area contributed by atoms with Crippen molar-refractivity contribution in [2.24, 2.45) is 5.10 Å². The molecule has 1 atom stereocenters. The standard InChI is InChI=1S/C24H22Br2N2O2/c1-3-30-20-11-4-16(5-12-20)22-15-24(17-6-9-19(29-2)10-7-17)28(27-22)23-13-8-18(25)14-21(23)26/h4-14,24H,3,15H2,1-2H3/t24-/m1/s1. The fraction of sp³-hybridized carbons (Fsp3) is 0.208. The van der Waals surface area contributed by atoms with Gasteiger partial charge in [-0.15, -0.1) is 0 Å². The fourth-order valence-corrected chi connectivity index (χ4v) is 4.80. The second-order valence-corrected chi connectivity index (χ2v) is 8.71. The normalized spacial score (nSPS) is 15.8. The molecule has 6 heteroatoms. The first-order chi connectivity index (χ1) is 14.6. The Bertz CT molecular complexity index is 1050. The van der Waals surface area contributed by atoms with E-state index in [1.165, 1.54) is 5.56 Å². The minimum absolute atomic E-state index is 0.0925. The van der Waals surface area contributed by atoms with E-state index in [9.17, 15) is 0 Å². The summed E-state index contributed by atoms with van der Waals surface area (Å²) in [5, 5.41) is 7.13. The molecule has 30 heavy (non-hydrogen) atoms. The summed E-state index contributed by atoms with van der Waals surface area (Å²) in [7, 11) is 1.68. The van der Waals surface area contributed by atoms with Crippen molar-refractivity contribution in [1.29, 1.82) is 0 Å². The van der Waals surface area contributed by atoms with Gasteiger partial charge < -0.3 is 9.47 Å². The molecule has 0 saturated carbocycles. The molecule has 0 saturated heterocycles. The van der Waals surface area contributed by atoms with E-state index in [0.29, 0.717) is 6.61 Å². The van der Waals surface area contributed by atoms with E-state index < -0.39 is 0 Å². The van der Waals surface area contributed by atoms with Gasteiger partial charge in [-0.1, -0.05) is 28.1 Å². The highest BCUT2D eigenvalue weighted by atomic mass is 79.9. The number of anilines is 1. The molecule has 154 valence electrons. The smallest absolute Gasteiger partial charge is 0.119 e. The molecule has 1 aliphatic rings. The lowest BCUT2D eigenvalue weighted by Crippen LogP contribution is -2.19. The van der Waals surface area contributed by atoms with Gasteiger partial charge in [0, 0.05) is 15.4 Å². The van der Waals surface area contributed by atoms with Crippen molar-refractivity contribution < 1.29 is 9.47 Å². The predicted octanol–water partition coefficient (Wildman–Crippen LogP) is 6.97. The van der Waals surface area contributed by atoms with Crippen molar-refractivity contribution in [1.82, 2.24) is 0 Å². The Morgan fingerprint density at radius 1 is 0.967 bits per heavy atom. The molecule has 0 aliphatic carbocycles. The van der Waals surface area contributed by atoms with Crippen LogP contribution in [0.4, 0.5) is 5.69 Å². The molecule has 4 rings (SSSR count). The number of ether oxygens (including phenoxy) is 2. The van der Waals surface area contributed by atoms with Gasteiger partial charge in [-0.05, 0) is 88.6 Å². The molecule has 3 aromatic carbocycles. The zero-order chi connectivity index (χ0) is 21.1. The van der Waals surface area contributed by atoms with Crippen molar-refractivity contribution in [3.05, 3.63) is 86.8 Å². The topological polar surface area (TPSA) is 34.1 Å². The summed E-state index contributed by atoms with van der Waals surface area (Å²) in [5.41, 5.74) is 4.37. The number of halogens is 2. The lowest BCUT2D eigenvalue weighted by Gasteiger charge is -2.25. The summed E-state index contributed by atoms with van der Waals surface area (Å²) in [6.07, 6.45) is 0.808. The van der Waals surface area contributed by atoms with Gasteiger partial charge in [0.2, 0.25) is 0 Å². The predicted molar refractivity (Wildman–Crippen MR) is 129 cm³/mol. The fourth-order valence-electron chi connectivity index (χ4n) is 3.57. The van der Waals surface area contributed by atoms with E-state index in [-0.39, 0.29) is 6.04 Å². The first-order valence-corrected chi connectivity index (χ1v) is 11.4. The van der Waals surface area contributed by atoms with E-state index in [0.717, 1.165) is 43.8 Å². The maximum atomic E-state index is 5.58. The van der Waals surface area contributed by atoms with Crippen molar-refractivity contribution in [3.63, 3.8) is 0 Å². The highest BCUT2D eigenvalue weighted by molar-refractivity contribution is 9.11. The van der Waals surface area contributed by atoms with Crippen molar-refractivity contribution in [3.8, 4) is 11.5 Å². The first-order valence-electron chi connectivity index (χ1n) is 9.78. The Morgan fingerprint density at radius 3 is 2.30 bits per heavy atom. The van der Waals surface area contributed by atoms with Crippen LogP contribution in [-0.2, 0) is 0 Å². The Labute approximate surface area is 193 Å². The molecule has 1 heterocycles. The number of benzene rings is 3. The molecule has 0 bridgehead atoms. The SMILES string of the molecule is CCOc1ccc(C2=NN(c3ccc(Br)cc3Br)[C@@H](c3ccc(OC)cc3)C2)cc1. The number of methoxy groups -OCH3 is 1. The molecule has 0 N–H and O–H groups in total. The van der Waals surface area contributed by atoms with E-state index in [1.807, 2.05) is 43.3 Å². The average molecular weight is 530 g/mol. The third kappa shape index (κ3) is 4.40. The Morgan fingerprint density at radius 2 is 1.67 bits per heavy atom. The highest BCUT2D eigenvalue weighted by Gasteiger charge is 2.31. The molecule has 4 nitrogen and oxygen atoms in total. The quantitative estimate of drug-likeness (QED) is 0.345. The summed E-state index contributed by atoms with van der Waals surface area (Å²) in [5.74, 6) is 1.72. The van der Waals surface area contributed by atoms with Crippen LogP contribution in [0.15, 0.2) is 80.8 Å². The van der Waals surface area contributed by atoms with Gasteiger partial charge in [0.25, 0.3) is 0 Å². The van der Waals surface area contributed by atoms with Crippen LogP contribution in [-0.4, -0.2) is 19.4 Å². The average Bonchev–Trinajstić information content (AvgIpc) is 3.19. The van der Waals surface area contributed by atoms with E-state index >= 15 is 0 Å². The molecule has 3 aromatic rings. The van der Waals surface area contributed by atoms with Crippen LogP contribution < -0.4 is 14.5 Å². The van der Waals surface area contributed by atoms with Crippen LogP contribution in [0.25, 0.3) is 0 Å². The Balaban J connectivity index is 1.71. The number of nitrogens with zero attached hydrogens (tertiary/aromatic N) is 2. The molecular formula is C24H22Br2N2O2. The van der Waals surface area contributed by atoms with Gasteiger partial charge in [-0.3, -0.25) is 5.01 Å². The third-order valence-corrected chi connectivity index (χ3v) is 6.19. The van der Waals surface area contributed by atoms with Crippen LogP contribution in [0.2, 0.25) is 0 Å². The summed E-state index contributed by atoms with van der Waals surface area (Å²) >= 11 is 7.24. The summed E-state index contributed by atoms with van der Waals surface area (Å²) in [6, 6.07) is 22.6. The van der Waals surface area contributed by atoms with Gasteiger partial charge in [0.15, 0.2) is 0 Å². The maximum absolute atomic E-state index is 5.58. The van der Waals surface area contributed by atoms with Gasteiger partial charge in [0.05, 0.1) is 31.2 Å². The van der Waals surface area contributed by atoms with Gasteiger partial charge in [0.1, 0.15) is 11.5 Å². The van der Waals surface area contributed by atoms with Gasteiger partial charge in [-0.25, -0.2) is 0 Å². The van der Waals surface area contributed by atoms with Crippen LogP contribution in [0.5, 0.6) is 11.5 Å². The summed E-state index contributed by atoms with van der Waals surface area (Å²) < 4.78 is 12.9. The summed E-state index contributed by atoms with van der Waals surface area (Å²) in [6.45, 7) is 2.65. The third-order valence-electron chi connectivity index (χ3n) is 5.07. The van der Waals surface area contributed by atoms with Gasteiger partial charge in [-0.2, -0.15) is 5.10 Å². The summed E-state index contributed by atoms with van der Waals surface area (Å²) in [4.78, 5) is 0. The molecule has 0 spiro atoms. The second kappa shape index (κ2) is 9.23. The van der Waals surface area contributed by atoms with Crippen molar-refractivity contribution in [2.75, 3.05) is 18.7 Å². The molecular weight excluding hydrogens is 508 g/mol. The molecule has 0 radical (unpaired) electrons. The highest BCUT2D eigenvalue weighted by Crippen LogP contribution is 2.41. The molecule has 0 amide bonds. The monoisotopic (exact) mass is 528 g/mol. The lowest BCUT2D eigenvalue weighted by molar-refractivity contribution is 0.340. The molecule has 0 fully saturated rings.